The molecular formula is C24H23FN2O. The minimum Gasteiger partial charge on any atom is -0.363 e. The van der Waals surface area contributed by atoms with Crippen molar-refractivity contribution in [2.24, 2.45) is 0 Å². The van der Waals surface area contributed by atoms with Gasteiger partial charge in [0, 0.05) is 30.9 Å². The number of carbonyl (C=O) groups is 1. The molecule has 1 aliphatic heterocycles. The Labute approximate surface area is 164 Å². The molecule has 28 heavy (non-hydrogen) atoms. The molecule has 0 spiro atoms. The molecule has 0 atom stereocenters. The third kappa shape index (κ3) is 4.22. The summed E-state index contributed by atoms with van der Waals surface area (Å²) in [5.74, 6) is -0.244. The Hall–Kier alpha value is -3.14. The van der Waals surface area contributed by atoms with Crippen LogP contribution in [0.4, 0.5) is 10.1 Å². The Kier molecular flexibility index (Phi) is 5.38. The average Bonchev–Trinajstić information content (AvgIpc) is 3.15. The molecule has 4 heteroatoms. The van der Waals surface area contributed by atoms with E-state index < -0.39 is 0 Å². The normalized spacial score (nSPS) is 12.7. The van der Waals surface area contributed by atoms with E-state index in [0.29, 0.717) is 18.7 Å². The van der Waals surface area contributed by atoms with Crippen molar-refractivity contribution in [3.63, 3.8) is 0 Å². The third-order valence-corrected chi connectivity index (χ3v) is 5.16. The van der Waals surface area contributed by atoms with Crippen LogP contribution in [0.1, 0.15) is 33.5 Å². The van der Waals surface area contributed by atoms with E-state index in [1.807, 2.05) is 48.5 Å². The average molecular weight is 374 g/mol. The second-order valence-electron chi connectivity index (χ2n) is 7.16. The molecule has 1 N–H and O–H groups in total. The van der Waals surface area contributed by atoms with E-state index in [1.54, 1.807) is 6.07 Å². The SMILES string of the molecule is O=C(NCCCc1ccccc1)c1ccc(N2Cc3ccc(F)cc3C2)cc1. The van der Waals surface area contributed by atoms with Crippen LogP contribution in [0.3, 0.4) is 0 Å². The van der Waals surface area contributed by atoms with Crippen LogP contribution in [0.15, 0.2) is 72.8 Å². The maximum atomic E-state index is 13.4. The summed E-state index contributed by atoms with van der Waals surface area (Å²) in [6, 6.07) is 22.9. The molecule has 3 aromatic rings. The number of halogens is 1. The van der Waals surface area contributed by atoms with E-state index in [4.69, 9.17) is 0 Å². The number of nitrogens with zero attached hydrogens (tertiary/aromatic N) is 1. The standard InChI is InChI=1S/C24H23FN2O/c25-22-11-8-20-16-27(17-21(20)15-22)23-12-9-19(10-13-23)24(28)26-14-4-7-18-5-2-1-3-6-18/h1-3,5-6,8-13,15H,4,7,14,16-17H2,(H,26,28). The van der Waals surface area contributed by atoms with Gasteiger partial charge >= 0.3 is 0 Å². The lowest BCUT2D eigenvalue weighted by Gasteiger charge is -2.18. The van der Waals surface area contributed by atoms with Gasteiger partial charge in [0.1, 0.15) is 5.82 Å². The monoisotopic (exact) mass is 374 g/mol. The van der Waals surface area contributed by atoms with E-state index in [-0.39, 0.29) is 11.7 Å². The fourth-order valence-corrected chi connectivity index (χ4v) is 3.61. The van der Waals surface area contributed by atoms with Crippen molar-refractivity contribution in [1.29, 1.82) is 0 Å². The van der Waals surface area contributed by atoms with Gasteiger partial charge in [0.25, 0.3) is 5.91 Å². The number of amides is 1. The molecule has 0 bridgehead atoms. The molecule has 142 valence electrons. The summed E-state index contributed by atoms with van der Waals surface area (Å²) >= 11 is 0. The van der Waals surface area contributed by atoms with Crippen molar-refractivity contribution in [3.8, 4) is 0 Å². The first kappa shape index (κ1) is 18.2. The van der Waals surface area contributed by atoms with Crippen LogP contribution in [0.2, 0.25) is 0 Å². The second kappa shape index (κ2) is 8.26. The van der Waals surface area contributed by atoms with Gasteiger partial charge in [-0.3, -0.25) is 4.79 Å². The molecule has 1 amide bonds. The Morgan fingerprint density at radius 3 is 2.46 bits per heavy atom. The van der Waals surface area contributed by atoms with Crippen LogP contribution < -0.4 is 10.2 Å². The Morgan fingerprint density at radius 1 is 0.929 bits per heavy atom. The molecule has 0 aromatic heterocycles. The van der Waals surface area contributed by atoms with Crippen molar-refractivity contribution < 1.29 is 9.18 Å². The molecule has 0 saturated heterocycles. The fourth-order valence-electron chi connectivity index (χ4n) is 3.61. The first-order valence-electron chi connectivity index (χ1n) is 9.63. The first-order chi connectivity index (χ1) is 13.7. The molecule has 0 unspecified atom stereocenters. The molecule has 4 rings (SSSR count). The van der Waals surface area contributed by atoms with Crippen molar-refractivity contribution >= 4 is 11.6 Å². The van der Waals surface area contributed by atoms with Crippen LogP contribution in [-0.4, -0.2) is 12.5 Å². The van der Waals surface area contributed by atoms with Crippen molar-refractivity contribution in [2.75, 3.05) is 11.4 Å². The zero-order valence-electron chi connectivity index (χ0n) is 15.7. The molecule has 3 nitrogen and oxygen atoms in total. The number of benzene rings is 3. The van der Waals surface area contributed by atoms with Crippen LogP contribution >= 0.6 is 0 Å². The minimum atomic E-state index is -0.195. The number of fused-ring (bicyclic) bond motifs is 1. The number of anilines is 1. The number of rotatable bonds is 6. The van der Waals surface area contributed by atoms with Crippen LogP contribution in [0, 0.1) is 5.82 Å². The number of aryl methyl sites for hydroxylation is 1. The first-order valence-corrected chi connectivity index (χ1v) is 9.63. The quantitative estimate of drug-likeness (QED) is 0.634. The predicted octanol–water partition coefficient (Wildman–Crippen LogP) is 4.71. The van der Waals surface area contributed by atoms with Crippen LogP contribution in [-0.2, 0) is 19.5 Å². The third-order valence-electron chi connectivity index (χ3n) is 5.16. The summed E-state index contributed by atoms with van der Waals surface area (Å²) in [5, 5.41) is 2.98. The number of carbonyl (C=O) groups excluding carboxylic acids is 1. The van der Waals surface area contributed by atoms with Gasteiger partial charge in [0.2, 0.25) is 0 Å². The topological polar surface area (TPSA) is 32.3 Å². The predicted molar refractivity (Wildman–Crippen MR) is 110 cm³/mol. The van der Waals surface area contributed by atoms with E-state index in [2.05, 4.69) is 22.3 Å². The Bertz CT molecular complexity index is 954. The van der Waals surface area contributed by atoms with Gasteiger partial charge in [-0.05, 0) is 65.9 Å². The maximum absolute atomic E-state index is 13.4. The summed E-state index contributed by atoms with van der Waals surface area (Å²) in [4.78, 5) is 14.5. The summed E-state index contributed by atoms with van der Waals surface area (Å²) in [6.07, 6.45) is 1.87. The van der Waals surface area contributed by atoms with Crippen LogP contribution in [0.25, 0.3) is 0 Å². The molecule has 1 aliphatic rings. The maximum Gasteiger partial charge on any atom is 0.251 e. The summed E-state index contributed by atoms with van der Waals surface area (Å²) < 4.78 is 13.4. The van der Waals surface area contributed by atoms with Crippen molar-refractivity contribution in [1.82, 2.24) is 5.32 Å². The molecule has 3 aromatic carbocycles. The highest BCUT2D eigenvalue weighted by Gasteiger charge is 2.19. The molecule has 0 saturated carbocycles. The number of hydrogen-bond donors (Lipinski definition) is 1. The highest BCUT2D eigenvalue weighted by Crippen LogP contribution is 2.28. The van der Waals surface area contributed by atoms with E-state index in [0.717, 1.165) is 36.2 Å². The molecule has 0 fully saturated rings. The van der Waals surface area contributed by atoms with Gasteiger partial charge in [-0.15, -0.1) is 0 Å². The largest absolute Gasteiger partial charge is 0.363 e. The highest BCUT2D eigenvalue weighted by atomic mass is 19.1. The minimum absolute atomic E-state index is 0.0496. The lowest BCUT2D eigenvalue weighted by atomic mass is 10.1. The van der Waals surface area contributed by atoms with Gasteiger partial charge in [0.05, 0.1) is 0 Å². The zero-order valence-corrected chi connectivity index (χ0v) is 15.7. The summed E-state index contributed by atoms with van der Waals surface area (Å²) in [6.45, 7) is 2.11. The van der Waals surface area contributed by atoms with Gasteiger partial charge in [-0.1, -0.05) is 36.4 Å². The van der Waals surface area contributed by atoms with Crippen LogP contribution in [0.5, 0.6) is 0 Å². The number of nitrogens with one attached hydrogen (secondary N) is 1. The zero-order chi connectivity index (χ0) is 19.3. The summed E-state index contributed by atoms with van der Waals surface area (Å²) in [5.41, 5.74) is 5.16. The smallest absolute Gasteiger partial charge is 0.251 e. The highest BCUT2D eigenvalue weighted by molar-refractivity contribution is 5.94. The van der Waals surface area contributed by atoms with Gasteiger partial charge in [-0.2, -0.15) is 0 Å². The van der Waals surface area contributed by atoms with Gasteiger partial charge < -0.3 is 10.2 Å². The molecular weight excluding hydrogens is 351 g/mol. The Morgan fingerprint density at radius 2 is 1.68 bits per heavy atom. The van der Waals surface area contributed by atoms with Gasteiger partial charge in [-0.25, -0.2) is 4.39 Å². The molecule has 1 heterocycles. The Balaban J connectivity index is 1.29. The lowest BCUT2D eigenvalue weighted by molar-refractivity contribution is 0.0953. The number of hydrogen-bond acceptors (Lipinski definition) is 2. The molecule has 0 radical (unpaired) electrons. The lowest BCUT2D eigenvalue weighted by Crippen LogP contribution is -2.24. The van der Waals surface area contributed by atoms with E-state index in [1.165, 1.54) is 11.6 Å². The molecule has 0 aliphatic carbocycles. The van der Waals surface area contributed by atoms with Crippen molar-refractivity contribution in [2.45, 2.75) is 25.9 Å². The van der Waals surface area contributed by atoms with E-state index in [9.17, 15) is 9.18 Å². The van der Waals surface area contributed by atoms with Gasteiger partial charge in [0.15, 0.2) is 0 Å². The van der Waals surface area contributed by atoms with Crippen molar-refractivity contribution in [3.05, 3.63) is 101 Å². The summed E-state index contributed by atoms with van der Waals surface area (Å²) in [7, 11) is 0. The van der Waals surface area contributed by atoms with E-state index >= 15 is 0 Å². The fraction of sp³-hybridized carbons (Fsp3) is 0.208. The second-order valence-corrected chi connectivity index (χ2v) is 7.16.